The van der Waals surface area contributed by atoms with Crippen LogP contribution in [0.2, 0.25) is 0 Å². The Morgan fingerprint density at radius 2 is 2.20 bits per heavy atom. The first-order valence-corrected chi connectivity index (χ1v) is 6.49. The van der Waals surface area contributed by atoms with Gasteiger partial charge < -0.3 is 10.3 Å². The summed E-state index contributed by atoms with van der Waals surface area (Å²) in [4.78, 5) is 19.2. The zero-order valence-electron chi connectivity index (χ0n) is 11.2. The third-order valence-corrected chi connectivity index (χ3v) is 3.30. The number of H-pyrrole nitrogens is 1. The Kier molecular flexibility index (Phi) is 3.21. The molecule has 2 N–H and O–H groups in total. The van der Waals surface area contributed by atoms with Crippen LogP contribution < -0.4 is 5.32 Å². The third-order valence-electron chi connectivity index (χ3n) is 3.30. The van der Waals surface area contributed by atoms with E-state index < -0.39 is 0 Å². The van der Waals surface area contributed by atoms with Crippen molar-refractivity contribution in [3.63, 3.8) is 0 Å². The number of hydrogen-bond acceptors (Lipinski definition) is 2. The molecule has 20 heavy (non-hydrogen) atoms. The maximum Gasteiger partial charge on any atom is 0.228 e. The number of hydrogen-bond donors (Lipinski definition) is 2. The maximum absolute atomic E-state index is 12.1. The van der Waals surface area contributed by atoms with Gasteiger partial charge in [-0.2, -0.15) is 0 Å². The van der Waals surface area contributed by atoms with Crippen molar-refractivity contribution in [1.82, 2.24) is 9.97 Å². The summed E-state index contributed by atoms with van der Waals surface area (Å²) in [6.45, 7) is 1.95. The van der Waals surface area contributed by atoms with Crippen LogP contribution in [-0.4, -0.2) is 15.9 Å². The molecule has 100 valence electrons. The molecule has 0 spiro atoms. The smallest absolute Gasteiger partial charge is 0.228 e. The fourth-order valence-corrected chi connectivity index (χ4v) is 2.19. The summed E-state index contributed by atoms with van der Waals surface area (Å²) in [5.74, 6) is -0.0315. The van der Waals surface area contributed by atoms with Crippen LogP contribution in [0.25, 0.3) is 10.9 Å². The molecule has 1 amide bonds. The molecule has 0 aliphatic carbocycles. The molecule has 1 aromatic carbocycles. The molecule has 0 aliphatic heterocycles. The molecule has 0 bridgehead atoms. The standard InChI is InChI=1S/C16H15N3O/c1-11-4-6-17-10-15(11)19-16(20)9-12-2-3-14-13(8-12)5-7-18-14/h2-8,10,18H,9H2,1H3,(H,19,20). The number of fused-ring (bicyclic) bond motifs is 1. The normalized spacial score (nSPS) is 10.7. The highest BCUT2D eigenvalue weighted by Gasteiger charge is 2.07. The number of nitrogens with zero attached hydrogens (tertiary/aromatic N) is 1. The van der Waals surface area contributed by atoms with Gasteiger partial charge in [-0.15, -0.1) is 0 Å². The molecule has 3 aromatic rings. The van der Waals surface area contributed by atoms with Crippen molar-refractivity contribution >= 4 is 22.5 Å². The average Bonchev–Trinajstić information content (AvgIpc) is 2.89. The number of amides is 1. The molecule has 0 saturated heterocycles. The van der Waals surface area contributed by atoms with E-state index in [-0.39, 0.29) is 5.91 Å². The molecule has 4 heteroatoms. The topological polar surface area (TPSA) is 57.8 Å². The number of anilines is 1. The number of rotatable bonds is 3. The Labute approximate surface area is 116 Å². The van der Waals surface area contributed by atoms with Crippen LogP contribution in [0, 0.1) is 6.92 Å². The summed E-state index contributed by atoms with van der Waals surface area (Å²) in [7, 11) is 0. The van der Waals surface area contributed by atoms with Gasteiger partial charge in [-0.25, -0.2) is 0 Å². The van der Waals surface area contributed by atoms with Crippen LogP contribution >= 0.6 is 0 Å². The quantitative estimate of drug-likeness (QED) is 0.764. The van der Waals surface area contributed by atoms with E-state index in [0.717, 1.165) is 27.7 Å². The summed E-state index contributed by atoms with van der Waals surface area (Å²) in [6.07, 6.45) is 5.64. The predicted molar refractivity (Wildman–Crippen MR) is 79.6 cm³/mol. The van der Waals surface area contributed by atoms with Crippen LogP contribution in [0.5, 0.6) is 0 Å². The van der Waals surface area contributed by atoms with Crippen LogP contribution in [-0.2, 0) is 11.2 Å². The molecule has 0 radical (unpaired) electrons. The lowest BCUT2D eigenvalue weighted by Crippen LogP contribution is -2.15. The van der Waals surface area contributed by atoms with E-state index in [1.165, 1.54) is 0 Å². The zero-order valence-corrected chi connectivity index (χ0v) is 11.2. The fraction of sp³-hybridized carbons (Fsp3) is 0.125. The van der Waals surface area contributed by atoms with Gasteiger partial charge in [0, 0.05) is 17.9 Å². The van der Waals surface area contributed by atoms with E-state index in [4.69, 9.17) is 0 Å². The molecule has 0 atom stereocenters. The number of aromatic amines is 1. The fourth-order valence-electron chi connectivity index (χ4n) is 2.19. The van der Waals surface area contributed by atoms with Gasteiger partial charge >= 0.3 is 0 Å². The van der Waals surface area contributed by atoms with Gasteiger partial charge in [0.05, 0.1) is 18.3 Å². The summed E-state index contributed by atoms with van der Waals surface area (Å²) in [5, 5.41) is 4.01. The molecule has 2 heterocycles. The van der Waals surface area contributed by atoms with Crippen molar-refractivity contribution in [2.24, 2.45) is 0 Å². The van der Waals surface area contributed by atoms with Crippen LogP contribution in [0.3, 0.4) is 0 Å². The first kappa shape index (κ1) is 12.4. The number of pyridine rings is 1. The van der Waals surface area contributed by atoms with Gasteiger partial charge in [-0.1, -0.05) is 6.07 Å². The van der Waals surface area contributed by atoms with Crippen LogP contribution in [0.15, 0.2) is 48.9 Å². The SMILES string of the molecule is Cc1ccncc1NC(=O)Cc1ccc2[nH]ccc2c1. The number of nitrogens with one attached hydrogen (secondary N) is 2. The van der Waals surface area contributed by atoms with Crippen molar-refractivity contribution in [3.8, 4) is 0 Å². The second kappa shape index (κ2) is 5.17. The highest BCUT2D eigenvalue weighted by atomic mass is 16.1. The van der Waals surface area contributed by atoms with Gasteiger partial charge in [0.15, 0.2) is 0 Å². The van der Waals surface area contributed by atoms with Gasteiger partial charge in [0.2, 0.25) is 5.91 Å². The molecule has 0 aliphatic rings. The molecule has 2 aromatic heterocycles. The van der Waals surface area contributed by atoms with Crippen molar-refractivity contribution < 1.29 is 4.79 Å². The first-order chi connectivity index (χ1) is 9.72. The molecule has 0 saturated carbocycles. The van der Waals surface area contributed by atoms with Crippen molar-refractivity contribution in [2.45, 2.75) is 13.3 Å². The molecule has 3 rings (SSSR count). The summed E-state index contributed by atoms with van der Waals surface area (Å²) < 4.78 is 0. The lowest BCUT2D eigenvalue weighted by molar-refractivity contribution is -0.115. The van der Waals surface area contributed by atoms with Gasteiger partial charge in [0.1, 0.15) is 0 Å². The maximum atomic E-state index is 12.1. The zero-order chi connectivity index (χ0) is 13.9. The van der Waals surface area contributed by atoms with E-state index in [1.54, 1.807) is 12.4 Å². The lowest BCUT2D eigenvalue weighted by atomic mass is 10.1. The predicted octanol–water partition coefficient (Wildman–Crippen LogP) is 3.05. The Morgan fingerprint density at radius 1 is 1.30 bits per heavy atom. The molecule has 0 fully saturated rings. The van der Waals surface area contributed by atoms with E-state index in [0.29, 0.717) is 6.42 Å². The number of aromatic nitrogens is 2. The van der Waals surface area contributed by atoms with Crippen LogP contribution in [0.4, 0.5) is 5.69 Å². The van der Waals surface area contributed by atoms with Crippen molar-refractivity contribution in [2.75, 3.05) is 5.32 Å². The number of carbonyl (C=O) groups is 1. The molecule has 4 nitrogen and oxygen atoms in total. The summed E-state index contributed by atoms with van der Waals surface area (Å²) in [6, 6.07) is 9.87. The number of aryl methyl sites for hydroxylation is 1. The minimum atomic E-state index is -0.0315. The molecular formula is C16H15N3O. The van der Waals surface area contributed by atoms with E-state index in [9.17, 15) is 4.79 Å². The highest BCUT2D eigenvalue weighted by Crippen LogP contribution is 2.16. The van der Waals surface area contributed by atoms with Crippen molar-refractivity contribution in [1.29, 1.82) is 0 Å². The molecular weight excluding hydrogens is 250 g/mol. The van der Waals surface area contributed by atoms with Gasteiger partial charge in [0.25, 0.3) is 0 Å². The minimum Gasteiger partial charge on any atom is -0.361 e. The monoisotopic (exact) mass is 265 g/mol. The second-order valence-corrected chi connectivity index (χ2v) is 4.81. The summed E-state index contributed by atoms with van der Waals surface area (Å²) >= 11 is 0. The van der Waals surface area contributed by atoms with E-state index in [1.807, 2.05) is 43.5 Å². The minimum absolute atomic E-state index is 0.0315. The van der Waals surface area contributed by atoms with Gasteiger partial charge in [-0.3, -0.25) is 9.78 Å². The van der Waals surface area contributed by atoms with Crippen molar-refractivity contribution in [3.05, 3.63) is 60.0 Å². The second-order valence-electron chi connectivity index (χ2n) is 4.81. The number of benzene rings is 1. The van der Waals surface area contributed by atoms with Crippen LogP contribution in [0.1, 0.15) is 11.1 Å². The Morgan fingerprint density at radius 3 is 3.05 bits per heavy atom. The van der Waals surface area contributed by atoms with E-state index in [2.05, 4.69) is 15.3 Å². The Hall–Kier alpha value is -2.62. The van der Waals surface area contributed by atoms with Gasteiger partial charge in [-0.05, 0) is 47.7 Å². The first-order valence-electron chi connectivity index (χ1n) is 6.49. The number of carbonyl (C=O) groups excluding carboxylic acids is 1. The Balaban J connectivity index is 1.74. The third kappa shape index (κ3) is 2.54. The Bertz CT molecular complexity index is 761. The molecule has 0 unspecified atom stereocenters. The highest BCUT2D eigenvalue weighted by molar-refractivity contribution is 5.93. The van der Waals surface area contributed by atoms with E-state index >= 15 is 0 Å². The summed E-state index contributed by atoms with van der Waals surface area (Å²) in [5.41, 5.74) is 3.85. The lowest BCUT2D eigenvalue weighted by Gasteiger charge is -2.07. The largest absolute Gasteiger partial charge is 0.361 e. The average molecular weight is 265 g/mol.